The van der Waals surface area contributed by atoms with Crippen molar-refractivity contribution in [1.82, 2.24) is 4.90 Å². The molecule has 1 heterocycles. The third-order valence-electron chi connectivity index (χ3n) is 4.15. The first kappa shape index (κ1) is 16.7. The van der Waals surface area contributed by atoms with Crippen molar-refractivity contribution in [2.45, 2.75) is 12.1 Å². The standard InChI is InChI=1S/C17H14N2O6/c20-9-14(15(21)10-5-7-11(8-6-10)19(24)25)18-16(22)12-3-1-2-4-13(12)17(18)23/h1-8,14-15,20-21H,9H2/t14-,15-/m0/s1. The van der Waals surface area contributed by atoms with Crippen molar-refractivity contribution < 1.29 is 24.7 Å². The average Bonchev–Trinajstić information content (AvgIpc) is 2.88. The molecule has 0 radical (unpaired) electrons. The fourth-order valence-corrected chi connectivity index (χ4v) is 2.85. The molecular formula is C17H14N2O6. The highest BCUT2D eigenvalue weighted by molar-refractivity contribution is 6.21. The molecule has 3 rings (SSSR count). The summed E-state index contributed by atoms with van der Waals surface area (Å²) in [6, 6.07) is 10.1. The van der Waals surface area contributed by atoms with E-state index in [9.17, 15) is 29.9 Å². The van der Waals surface area contributed by atoms with Crippen LogP contribution in [0.5, 0.6) is 0 Å². The number of fused-ring (bicyclic) bond motifs is 1. The fraction of sp³-hybridized carbons (Fsp3) is 0.176. The first-order valence-electron chi connectivity index (χ1n) is 7.46. The van der Waals surface area contributed by atoms with Crippen LogP contribution in [0.4, 0.5) is 5.69 Å². The summed E-state index contributed by atoms with van der Waals surface area (Å²) in [5, 5.41) is 30.9. The van der Waals surface area contributed by atoms with Gasteiger partial charge in [0.25, 0.3) is 17.5 Å². The third kappa shape index (κ3) is 2.77. The molecule has 0 spiro atoms. The van der Waals surface area contributed by atoms with Crippen molar-refractivity contribution >= 4 is 17.5 Å². The van der Waals surface area contributed by atoms with Crippen molar-refractivity contribution in [1.29, 1.82) is 0 Å². The lowest BCUT2D eigenvalue weighted by Gasteiger charge is -2.29. The molecule has 0 fully saturated rings. The van der Waals surface area contributed by atoms with Gasteiger partial charge in [0.05, 0.1) is 28.7 Å². The Morgan fingerprint density at radius 2 is 1.52 bits per heavy atom. The first-order valence-corrected chi connectivity index (χ1v) is 7.46. The number of nitro benzene ring substituents is 1. The molecule has 0 saturated carbocycles. The van der Waals surface area contributed by atoms with Crippen molar-refractivity contribution in [2.24, 2.45) is 0 Å². The van der Waals surface area contributed by atoms with E-state index in [1.54, 1.807) is 12.1 Å². The molecule has 0 saturated heterocycles. The van der Waals surface area contributed by atoms with Crippen LogP contribution in [0.2, 0.25) is 0 Å². The average molecular weight is 342 g/mol. The van der Waals surface area contributed by atoms with Crippen LogP contribution in [0.1, 0.15) is 32.4 Å². The summed E-state index contributed by atoms with van der Waals surface area (Å²) in [4.78, 5) is 35.9. The SMILES string of the molecule is O=C1c2ccccc2C(=O)N1[C@@H](CO)[C@@H](O)c1ccc([N+](=O)[O-])cc1. The summed E-state index contributed by atoms with van der Waals surface area (Å²) in [5.41, 5.74) is 0.516. The quantitative estimate of drug-likeness (QED) is 0.480. The molecular weight excluding hydrogens is 328 g/mol. The number of amides is 2. The Bertz CT molecular complexity index is 813. The normalized spacial score (nSPS) is 15.8. The minimum absolute atomic E-state index is 0.155. The predicted molar refractivity (Wildman–Crippen MR) is 85.9 cm³/mol. The van der Waals surface area contributed by atoms with Gasteiger partial charge in [-0.1, -0.05) is 12.1 Å². The van der Waals surface area contributed by atoms with E-state index in [0.29, 0.717) is 0 Å². The van der Waals surface area contributed by atoms with Crippen LogP contribution in [-0.2, 0) is 0 Å². The highest BCUT2D eigenvalue weighted by Crippen LogP contribution is 2.30. The van der Waals surface area contributed by atoms with Gasteiger partial charge in [0.2, 0.25) is 0 Å². The lowest BCUT2D eigenvalue weighted by atomic mass is 10.0. The molecule has 25 heavy (non-hydrogen) atoms. The zero-order chi connectivity index (χ0) is 18.1. The minimum atomic E-state index is -1.38. The van der Waals surface area contributed by atoms with E-state index in [2.05, 4.69) is 0 Å². The lowest BCUT2D eigenvalue weighted by molar-refractivity contribution is -0.384. The van der Waals surface area contributed by atoms with Crippen molar-refractivity contribution in [3.8, 4) is 0 Å². The van der Waals surface area contributed by atoms with Crippen LogP contribution in [0.15, 0.2) is 48.5 Å². The van der Waals surface area contributed by atoms with E-state index in [-0.39, 0.29) is 22.4 Å². The van der Waals surface area contributed by atoms with Gasteiger partial charge in [0, 0.05) is 12.1 Å². The molecule has 0 aromatic heterocycles. The second kappa shape index (κ2) is 6.42. The number of hydrogen-bond acceptors (Lipinski definition) is 6. The van der Waals surface area contributed by atoms with Gasteiger partial charge in [0.15, 0.2) is 0 Å². The molecule has 2 amide bonds. The smallest absolute Gasteiger partial charge is 0.269 e. The summed E-state index contributed by atoms with van der Waals surface area (Å²) in [6.45, 7) is -0.649. The number of benzene rings is 2. The van der Waals surface area contributed by atoms with Gasteiger partial charge in [-0.15, -0.1) is 0 Å². The molecule has 2 aromatic carbocycles. The number of nitrogens with zero attached hydrogens (tertiary/aromatic N) is 2. The van der Waals surface area contributed by atoms with Gasteiger partial charge >= 0.3 is 0 Å². The molecule has 1 aliphatic heterocycles. The minimum Gasteiger partial charge on any atom is -0.394 e. The maximum atomic E-state index is 12.5. The highest BCUT2D eigenvalue weighted by atomic mass is 16.6. The summed E-state index contributed by atoms with van der Waals surface area (Å²) >= 11 is 0. The molecule has 128 valence electrons. The van der Waals surface area contributed by atoms with E-state index in [1.807, 2.05) is 0 Å². The van der Waals surface area contributed by atoms with Crippen LogP contribution in [0.3, 0.4) is 0 Å². The first-order chi connectivity index (χ1) is 12.0. The Balaban J connectivity index is 1.91. The van der Waals surface area contributed by atoms with Gasteiger partial charge in [-0.25, -0.2) is 0 Å². The highest BCUT2D eigenvalue weighted by Gasteiger charge is 2.42. The van der Waals surface area contributed by atoms with Gasteiger partial charge in [-0.05, 0) is 29.8 Å². The lowest BCUT2D eigenvalue weighted by Crippen LogP contribution is -2.45. The van der Waals surface area contributed by atoms with Crippen molar-refractivity contribution in [2.75, 3.05) is 6.61 Å². The van der Waals surface area contributed by atoms with E-state index in [1.165, 1.54) is 36.4 Å². The number of nitro groups is 1. The Hall–Kier alpha value is -3.10. The molecule has 8 nitrogen and oxygen atoms in total. The van der Waals surface area contributed by atoms with Crippen molar-refractivity contribution in [3.63, 3.8) is 0 Å². The second-order valence-electron chi connectivity index (χ2n) is 5.57. The topological polar surface area (TPSA) is 121 Å². The second-order valence-corrected chi connectivity index (χ2v) is 5.57. The number of rotatable bonds is 5. The monoisotopic (exact) mass is 342 g/mol. The molecule has 8 heteroatoms. The van der Waals surface area contributed by atoms with Gasteiger partial charge < -0.3 is 10.2 Å². The van der Waals surface area contributed by atoms with Crippen LogP contribution >= 0.6 is 0 Å². The van der Waals surface area contributed by atoms with E-state index in [0.717, 1.165) is 4.90 Å². The van der Waals surface area contributed by atoms with Gasteiger partial charge in [-0.2, -0.15) is 0 Å². The molecule has 0 unspecified atom stereocenters. The zero-order valence-electron chi connectivity index (χ0n) is 12.9. The summed E-state index contributed by atoms with van der Waals surface area (Å²) in [5.74, 6) is -1.19. The Morgan fingerprint density at radius 1 is 1.00 bits per heavy atom. The van der Waals surface area contributed by atoms with Gasteiger partial charge in [-0.3, -0.25) is 24.6 Å². The number of carbonyl (C=O) groups excluding carboxylic acids is 2. The zero-order valence-corrected chi connectivity index (χ0v) is 12.9. The molecule has 2 atom stereocenters. The predicted octanol–water partition coefficient (Wildman–Crippen LogP) is 1.29. The van der Waals surface area contributed by atoms with Gasteiger partial charge in [0.1, 0.15) is 6.10 Å². The maximum absolute atomic E-state index is 12.5. The van der Waals surface area contributed by atoms with Crippen LogP contribution in [0, 0.1) is 10.1 Å². The van der Waals surface area contributed by atoms with E-state index >= 15 is 0 Å². The molecule has 1 aliphatic rings. The van der Waals surface area contributed by atoms with Crippen molar-refractivity contribution in [3.05, 3.63) is 75.3 Å². The Morgan fingerprint density at radius 3 is 1.96 bits per heavy atom. The number of hydrogen-bond donors (Lipinski definition) is 2. The number of non-ortho nitro benzene ring substituents is 1. The number of aliphatic hydroxyl groups excluding tert-OH is 2. The number of carbonyl (C=O) groups is 2. The number of aliphatic hydroxyl groups is 2. The van der Waals surface area contributed by atoms with E-state index < -0.39 is 35.5 Å². The summed E-state index contributed by atoms with van der Waals surface area (Å²) in [6.07, 6.45) is -1.38. The summed E-state index contributed by atoms with van der Waals surface area (Å²) < 4.78 is 0. The van der Waals surface area contributed by atoms with Crippen LogP contribution in [-0.4, -0.2) is 44.5 Å². The maximum Gasteiger partial charge on any atom is 0.269 e. The Labute approximate surface area is 142 Å². The third-order valence-corrected chi connectivity index (χ3v) is 4.15. The fourth-order valence-electron chi connectivity index (χ4n) is 2.85. The van der Waals surface area contributed by atoms with Crippen LogP contribution in [0.25, 0.3) is 0 Å². The van der Waals surface area contributed by atoms with Crippen LogP contribution < -0.4 is 0 Å². The molecule has 2 N–H and O–H groups in total. The molecule has 0 bridgehead atoms. The summed E-state index contributed by atoms with van der Waals surface area (Å²) in [7, 11) is 0. The molecule has 2 aromatic rings. The molecule has 0 aliphatic carbocycles. The van der Waals surface area contributed by atoms with E-state index in [4.69, 9.17) is 0 Å². The largest absolute Gasteiger partial charge is 0.394 e. The Kier molecular flexibility index (Phi) is 4.30. The number of imide groups is 1.